The quantitative estimate of drug-likeness (QED) is 0.215. The van der Waals surface area contributed by atoms with Crippen molar-refractivity contribution in [2.75, 3.05) is 6.54 Å². The number of imidazole rings is 1. The molecule has 5 rings (SSSR count). The molecule has 0 spiro atoms. The molecule has 0 fully saturated rings. The van der Waals surface area contributed by atoms with Crippen molar-refractivity contribution in [1.29, 1.82) is 0 Å². The van der Waals surface area contributed by atoms with Crippen LogP contribution in [0.5, 0.6) is 0 Å². The fourth-order valence-corrected chi connectivity index (χ4v) is 5.09. The first-order chi connectivity index (χ1) is 19.8. The number of aliphatic hydroxyl groups excluding tert-OH is 1. The van der Waals surface area contributed by atoms with E-state index in [2.05, 4.69) is 39.8 Å². The van der Waals surface area contributed by atoms with Crippen LogP contribution in [0, 0.1) is 11.6 Å². The van der Waals surface area contributed by atoms with E-state index in [1.165, 1.54) is 17.7 Å². The van der Waals surface area contributed by atoms with Gasteiger partial charge in [0.15, 0.2) is 5.82 Å². The molecule has 0 aliphatic carbocycles. The fraction of sp³-hybridized carbons (Fsp3) is 0.323. The van der Waals surface area contributed by atoms with Crippen LogP contribution >= 0.6 is 0 Å². The summed E-state index contributed by atoms with van der Waals surface area (Å²) in [6.07, 6.45) is 0.588. The first-order valence-electron chi connectivity index (χ1n) is 13.9. The smallest absolute Gasteiger partial charge is 0.240 e. The van der Waals surface area contributed by atoms with Crippen LogP contribution in [0.3, 0.4) is 0 Å². The molecule has 0 aliphatic rings. The SMILES string of the molecule is CCc1cccc(CNC[C@@H](O)[C@H](Cc2cc(F)cc(F)c2)NC(=O)Cn2c3ccccc3n3nc(CC)nc23)c1. The van der Waals surface area contributed by atoms with Crippen molar-refractivity contribution in [3.63, 3.8) is 0 Å². The van der Waals surface area contributed by atoms with E-state index in [1.54, 1.807) is 9.08 Å². The molecule has 0 aliphatic heterocycles. The number of fused-ring (bicyclic) bond motifs is 3. The van der Waals surface area contributed by atoms with E-state index in [-0.39, 0.29) is 25.4 Å². The molecule has 41 heavy (non-hydrogen) atoms. The monoisotopic (exact) mass is 560 g/mol. The third-order valence-electron chi connectivity index (χ3n) is 7.17. The van der Waals surface area contributed by atoms with Gasteiger partial charge in [-0.15, -0.1) is 5.10 Å². The van der Waals surface area contributed by atoms with Crippen molar-refractivity contribution < 1.29 is 18.7 Å². The van der Waals surface area contributed by atoms with Crippen LogP contribution in [-0.4, -0.2) is 48.9 Å². The van der Waals surface area contributed by atoms with E-state index >= 15 is 0 Å². The predicted octanol–water partition coefficient (Wildman–Crippen LogP) is 3.97. The lowest BCUT2D eigenvalue weighted by Gasteiger charge is -2.25. The molecule has 2 atom stereocenters. The number of benzene rings is 3. The van der Waals surface area contributed by atoms with Gasteiger partial charge in [-0.3, -0.25) is 9.36 Å². The zero-order valence-electron chi connectivity index (χ0n) is 23.1. The number of hydrogen-bond donors (Lipinski definition) is 3. The Morgan fingerprint density at radius 3 is 2.39 bits per heavy atom. The van der Waals surface area contributed by atoms with Gasteiger partial charge in [0.25, 0.3) is 0 Å². The van der Waals surface area contributed by atoms with Crippen LogP contribution in [0.1, 0.15) is 36.4 Å². The first-order valence-corrected chi connectivity index (χ1v) is 13.9. The minimum atomic E-state index is -1.03. The molecule has 2 aromatic heterocycles. The van der Waals surface area contributed by atoms with Crippen molar-refractivity contribution in [2.45, 2.75) is 58.3 Å². The second kappa shape index (κ2) is 12.6. The number of hydrogen-bond acceptors (Lipinski definition) is 5. The number of nitrogens with one attached hydrogen (secondary N) is 2. The zero-order valence-corrected chi connectivity index (χ0v) is 23.1. The number of amides is 1. The van der Waals surface area contributed by atoms with Gasteiger partial charge in [-0.2, -0.15) is 9.50 Å². The van der Waals surface area contributed by atoms with E-state index in [0.717, 1.165) is 29.1 Å². The van der Waals surface area contributed by atoms with Crippen LogP contribution in [-0.2, 0) is 37.1 Å². The lowest BCUT2D eigenvalue weighted by molar-refractivity contribution is -0.123. The summed E-state index contributed by atoms with van der Waals surface area (Å²) in [6.45, 7) is 4.67. The van der Waals surface area contributed by atoms with Gasteiger partial charge >= 0.3 is 0 Å². The Labute approximate surface area is 237 Å². The molecular formula is C31H34F2N6O2. The Bertz CT molecular complexity index is 1640. The van der Waals surface area contributed by atoms with Crippen LogP contribution in [0.25, 0.3) is 16.8 Å². The fourth-order valence-electron chi connectivity index (χ4n) is 5.09. The summed E-state index contributed by atoms with van der Waals surface area (Å²) < 4.78 is 31.4. The van der Waals surface area contributed by atoms with Gasteiger partial charge in [-0.1, -0.05) is 50.2 Å². The highest BCUT2D eigenvalue weighted by Crippen LogP contribution is 2.20. The van der Waals surface area contributed by atoms with E-state index in [4.69, 9.17) is 0 Å². The van der Waals surface area contributed by atoms with Crippen LogP contribution in [0.2, 0.25) is 0 Å². The van der Waals surface area contributed by atoms with Crippen molar-refractivity contribution in [3.8, 4) is 0 Å². The standard InChI is InChI=1S/C31H34F2N6O2/c1-3-20-8-7-9-21(12-20)17-34-18-28(40)25(15-22-13-23(32)16-24(33)14-22)35-30(41)19-38-26-10-5-6-11-27(26)39-31(38)36-29(4-2)37-39/h5-14,16,25,28,34,40H,3-4,15,17-19H2,1-2H3,(H,35,41)/t25-,28+/m0/s1. The van der Waals surface area contributed by atoms with Gasteiger partial charge in [-0.25, -0.2) is 8.78 Å². The second-order valence-corrected chi connectivity index (χ2v) is 10.2. The van der Waals surface area contributed by atoms with E-state index < -0.39 is 23.8 Å². The molecule has 0 bridgehead atoms. The first kappa shape index (κ1) is 28.4. The van der Waals surface area contributed by atoms with Crippen molar-refractivity contribution in [3.05, 3.63) is 101 Å². The molecule has 0 saturated heterocycles. The number of aliphatic hydroxyl groups is 1. The van der Waals surface area contributed by atoms with Crippen molar-refractivity contribution in [2.24, 2.45) is 0 Å². The summed E-state index contributed by atoms with van der Waals surface area (Å²) in [5.41, 5.74) is 4.24. The topological polar surface area (TPSA) is 96.5 Å². The summed E-state index contributed by atoms with van der Waals surface area (Å²) in [5, 5.41) is 21.8. The Morgan fingerprint density at radius 2 is 1.66 bits per heavy atom. The van der Waals surface area contributed by atoms with Crippen molar-refractivity contribution in [1.82, 2.24) is 29.8 Å². The highest BCUT2D eigenvalue weighted by molar-refractivity contribution is 5.84. The molecule has 0 unspecified atom stereocenters. The molecule has 3 aromatic carbocycles. The number of rotatable bonds is 12. The average Bonchev–Trinajstić information content (AvgIpc) is 3.50. The number of aromatic nitrogens is 4. The summed E-state index contributed by atoms with van der Waals surface area (Å²) in [5.74, 6) is -0.595. The average molecular weight is 561 g/mol. The van der Waals surface area contributed by atoms with Gasteiger partial charge in [0, 0.05) is 25.6 Å². The number of carbonyl (C=O) groups is 1. The molecule has 2 heterocycles. The molecule has 10 heteroatoms. The summed E-state index contributed by atoms with van der Waals surface area (Å²) in [7, 11) is 0. The number of halogens is 2. The third kappa shape index (κ3) is 6.61. The summed E-state index contributed by atoms with van der Waals surface area (Å²) in [4.78, 5) is 18.0. The second-order valence-electron chi connectivity index (χ2n) is 10.2. The maximum atomic E-state index is 14.0. The van der Waals surface area contributed by atoms with E-state index in [1.807, 2.05) is 43.3 Å². The van der Waals surface area contributed by atoms with Gasteiger partial charge in [0.2, 0.25) is 11.7 Å². The maximum Gasteiger partial charge on any atom is 0.240 e. The van der Waals surface area contributed by atoms with E-state index in [0.29, 0.717) is 30.1 Å². The summed E-state index contributed by atoms with van der Waals surface area (Å²) in [6, 6.07) is 18.2. The largest absolute Gasteiger partial charge is 0.390 e. The Kier molecular flexibility index (Phi) is 8.70. The number of aryl methyl sites for hydroxylation is 2. The number of para-hydroxylation sites is 2. The summed E-state index contributed by atoms with van der Waals surface area (Å²) >= 11 is 0. The Balaban J connectivity index is 1.34. The maximum absolute atomic E-state index is 14.0. The minimum absolute atomic E-state index is 0.0430. The van der Waals surface area contributed by atoms with Crippen LogP contribution < -0.4 is 10.6 Å². The molecular weight excluding hydrogens is 526 g/mol. The normalized spacial score (nSPS) is 13.1. The lowest BCUT2D eigenvalue weighted by Crippen LogP contribution is -2.49. The molecule has 8 nitrogen and oxygen atoms in total. The molecule has 1 amide bonds. The highest BCUT2D eigenvalue weighted by Gasteiger charge is 2.24. The molecule has 0 saturated carbocycles. The van der Waals surface area contributed by atoms with Gasteiger partial charge in [-0.05, 0) is 53.8 Å². The third-order valence-corrected chi connectivity index (χ3v) is 7.17. The van der Waals surface area contributed by atoms with Crippen LogP contribution in [0.15, 0.2) is 66.7 Å². The minimum Gasteiger partial charge on any atom is -0.390 e. The number of carbonyl (C=O) groups excluding carboxylic acids is 1. The zero-order chi connectivity index (χ0) is 28.9. The molecule has 3 N–H and O–H groups in total. The Morgan fingerprint density at radius 1 is 0.927 bits per heavy atom. The molecule has 0 radical (unpaired) electrons. The molecule has 5 aromatic rings. The Hall–Kier alpha value is -4.15. The molecule has 214 valence electrons. The number of nitrogens with zero attached hydrogens (tertiary/aromatic N) is 4. The van der Waals surface area contributed by atoms with Gasteiger partial charge in [0.1, 0.15) is 18.2 Å². The van der Waals surface area contributed by atoms with Crippen molar-refractivity contribution >= 4 is 22.7 Å². The lowest BCUT2D eigenvalue weighted by atomic mass is 10.0. The van der Waals surface area contributed by atoms with Gasteiger partial charge < -0.3 is 15.7 Å². The predicted molar refractivity (Wildman–Crippen MR) is 153 cm³/mol. The van der Waals surface area contributed by atoms with E-state index in [9.17, 15) is 18.7 Å². The highest BCUT2D eigenvalue weighted by atomic mass is 19.1. The van der Waals surface area contributed by atoms with Crippen LogP contribution in [0.4, 0.5) is 8.78 Å². The van der Waals surface area contributed by atoms with Gasteiger partial charge in [0.05, 0.1) is 23.2 Å².